The van der Waals surface area contributed by atoms with E-state index in [1.54, 1.807) is 6.07 Å². The Kier molecular flexibility index (Phi) is 6.95. The predicted molar refractivity (Wildman–Crippen MR) is 84.4 cm³/mol. The second kappa shape index (κ2) is 8.46. The molecule has 0 saturated carbocycles. The molecule has 3 N–H and O–H groups in total. The van der Waals surface area contributed by atoms with Gasteiger partial charge in [-0.3, -0.25) is 0 Å². The Hall–Kier alpha value is -1.98. The van der Waals surface area contributed by atoms with Gasteiger partial charge in [0.2, 0.25) is 0 Å². The van der Waals surface area contributed by atoms with Crippen molar-refractivity contribution >= 4 is 11.8 Å². The molecule has 0 saturated heterocycles. The first-order chi connectivity index (χ1) is 10.3. The number of nitrogens with one attached hydrogen (secondary N) is 1. The fourth-order valence-corrected chi connectivity index (χ4v) is 1.70. The van der Waals surface area contributed by atoms with Crippen LogP contribution in [0.15, 0.2) is 18.2 Å². The molecule has 0 aromatic heterocycles. The lowest BCUT2D eigenvalue weighted by molar-refractivity contribution is 0.0527. The van der Waals surface area contributed by atoms with Crippen LogP contribution in [-0.2, 0) is 4.74 Å². The Labute approximate surface area is 131 Å². The van der Waals surface area contributed by atoms with Gasteiger partial charge in [0.25, 0.3) is 0 Å². The van der Waals surface area contributed by atoms with Gasteiger partial charge in [-0.2, -0.15) is 0 Å². The van der Waals surface area contributed by atoms with E-state index in [4.69, 9.17) is 15.2 Å². The Morgan fingerprint density at radius 1 is 1.27 bits per heavy atom. The number of hydrogen-bond acceptors (Lipinski definition) is 4. The van der Waals surface area contributed by atoms with Crippen LogP contribution in [0.4, 0.5) is 14.9 Å². The lowest BCUT2D eigenvalue weighted by atomic mass is 10.2. The predicted octanol–water partition coefficient (Wildman–Crippen LogP) is 3.48. The van der Waals surface area contributed by atoms with E-state index in [0.717, 1.165) is 19.3 Å². The Morgan fingerprint density at radius 3 is 2.64 bits per heavy atom. The van der Waals surface area contributed by atoms with Crippen molar-refractivity contribution in [2.75, 3.05) is 18.9 Å². The Balaban J connectivity index is 2.06. The summed E-state index contributed by atoms with van der Waals surface area (Å²) in [7, 11) is 0. The van der Waals surface area contributed by atoms with E-state index in [1.165, 1.54) is 12.1 Å². The van der Waals surface area contributed by atoms with Crippen molar-refractivity contribution in [2.45, 2.75) is 45.6 Å². The van der Waals surface area contributed by atoms with Gasteiger partial charge in [-0.1, -0.05) is 0 Å². The summed E-state index contributed by atoms with van der Waals surface area (Å²) in [6, 6.07) is 4.40. The number of nitrogen functional groups attached to an aromatic ring is 1. The molecular formula is C16H25FN2O3. The zero-order valence-corrected chi connectivity index (χ0v) is 13.4. The van der Waals surface area contributed by atoms with Crippen molar-refractivity contribution < 1.29 is 18.7 Å². The maximum absolute atomic E-state index is 13.2. The van der Waals surface area contributed by atoms with E-state index >= 15 is 0 Å². The first-order valence-electron chi connectivity index (χ1n) is 7.42. The highest BCUT2D eigenvalue weighted by Crippen LogP contribution is 2.18. The van der Waals surface area contributed by atoms with Crippen molar-refractivity contribution in [1.29, 1.82) is 0 Å². The molecule has 0 heterocycles. The van der Waals surface area contributed by atoms with Gasteiger partial charge in [0.1, 0.15) is 17.2 Å². The number of amides is 1. The highest BCUT2D eigenvalue weighted by atomic mass is 19.1. The molecule has 6 heteroatoms. The SMILES string of the molecule is CC(C)(C)OC(=O)NCCCCCOc1ccc(N)c(F)c1. The van der Waals surface area contributed by atoms with Gasteiger partial charge in [-0.05, 0) is 52.2 Å². The molecule has 0 aliphatic carbocycles. The summed E-state index contributed by atoms with van der Waals surface area (Å²) in [5.41, 5.74) is 5.02. The van der Waals surface area contributed by atoms with Crippen molar-refractivity contribution in [3.63, 3.8) is 0 Å². The van der Waals surface area contributed by atoms with Crippen molar-refractivity contribution in [1.82, 2.24) is 5.32 Å². The Bertz CT molecular complexity index is 487. The molecule has 0 radical (unpaired) electrons. The van der Waals surface area contributed by atoms with Gasteiger partial charge in [0.15, 0.2) is 0 Å². The summed E-state index contributed by atoms with van der Waals surface area (Å²) in [4.78, 5) is 11.4. The van der Waals surface area contributed by atoms with Gasteiger partial charge in [0, 0.05) is 12.6 Å². The number of carbonyl (C=O) groups excluding carboxylic acids is 1. The van der Waals surface area contributed by atoms with E-state index in [1.807, 2.05) is 20.8 Å². The van der Waals surface area contributed by atoms with Crippen LogP contribution < -0.4 is 15.8 Å². The minimum Gasteiger partial charge on any atom is -0.493 e. The molecule has 1 amide bonds. The summed E-state index contributed by atoms with van der Waals surface area (Å²) in [6.07, 6.45) is 2.15. The van der Waals surface area contributed by atoms with Gasteiger partial charge in [-0.15, -0.1) is 0 Å². The molecule has 1 rings (SSSR count). The summed E-state index contributed by atoms with van der Waals surface area (Å²) in [5, 5.41) is 2.70. The molecule has 1 aromatic rings. The van der Waals surface area contributed by atoms with Crippen LogP contribution in [0.2, 0.25) is 0 Å². The number of alkyl carbamates (subject to hydrolysis) is 1. The Morgan fingerprint density at radius 2 is 2.00 bits per heavy atom. The molecule has 0 aliphatic rings. The number of halogens is 1. The smallest absolute Gasteiger partial charge is 0.407 e. The average Bonchev–Trinajstić information content (AvgIpc) is 2.39. The standard InChI is InChI=1S/C16H25FN2O3/c1-16(2,3)22-15(20)19-9-5-4-6-10-21-12-7-8-14(18)13(17)11-12/h7-8,11H,4-6,9-10,18H2,1-3H3,(H,19,20). The van der Waals surface area contributed by atoms with Crippen LogP contribution in [-0.4, -0.2) is 24.8 Å². The topological polar surface area (TPSA) is 73.6 Å². The number of unbranched alkanes of at least 4 members (excludes halogenated alkanes) is 2. The number of ether oxygens (including phenoxy) is 2. The van der Waals surface area contributed by atoms with E-state index in [2.05, 4.69) is 5.32 Å². The monoisotopic (exact) mass is 312 g/mol. The number of anilines is 1. The van der Waals surface area contributed by atoms with Crippen LogP contribution in [0, 0.1) is 5.82 Å². The van der Waals surface area contributed by atoms with Crippen LogP contribution in [0.25, 0.3) is 0 Å². The van der Waals surface area contributed by atoms with Crippen LogP contribution in [0.3, 0.4) is 0 Å². The fourth-order valence-electron chi connectivity index (χ4n) is 1.70. The van der Waals surface area contributed by atoms with E-state index in [9.17, 15) is 9.18 Å². The lowest BCUT2D eigenvalue weighted by Crippen LogP contribution is -2.33. The maximum atomic E-state index is 13.2. The minimum absolute atomic E-state index is 0.112. The van der Waals surface area contributed by atoms with Crippen LogP contribution in [0.5, 0.6) is 5.75 Å². The minimum atomic E-state index is -0.480. The summed E-state index contributed by atoms with van der Waals surface area (Å²) in [5.74, 6) is -0.00218. The van der Waals surface area contributed by atoms with Crippen molar-refractivity contribution in [3.05, 3.63) is 24.0 Å². The molecule has 5 nitrogen and oxygen atoms in total. The average molecular weight is 312 g/mol. The second-order valence-electron chi connectivity index (χ2n) is 6.02. The largest absolute Gasteiger partial charge is 0.493 e. The molecule has 0 aliphatic heterocycles. The molecule has 0 fully saturated rings. The number of nitrogens with two attached hydrogens (primary N) is 1. The summed E-state index contributed by atoms with van der Waals surface area (Å²) >= 11 is 0. The van der Waals surface area contributed by atoms with Crippen LogP contribution in [0.1, 0.15) is 40.0 Å². The van der Waals surface area contributed by atoms with E-state index in [-0.39, 0.29) is 5.69 Å². The fraction of sp³-hybridized carbons (Fsp3) is 0.562. The highest BCUT2D eigenvalue weighted by Gasteiger charge is 2.15. The van der Waals surface area contributed by atoms with Crippen molar-refractivity contribution in [2.24, 2.45) is 0 Å². The molecule has 1 aromatic carbocycles. The number of rotatable bonds is 7. The lowest BCUT2D eigenvalue weighted by Gasteiger charge is -2.19. The zero-order chi connectivity index (χ0) is 16.6. The molecule has 0 unspecified atom stereocenters. The first-order valence-corrected chi connectivity index (χ1v) is 7.42. The van der Waals surface area contributed by atoms with Gasteiger partial charge < -0.3 is 20.5 Å². The molecular weight excluding hydrogens is 287 g/mol. The molecule has 0 bridgehead atoms. The van der Waals surface area contributed by atoms with Crippen molar-refractivity contribution in [3.8, 4) is 5.75 Å². The number of benzene rings is 1. The quantitative estimate of drug-likeness (QED) is 0.597. The van der Waals surface area contributed by atoms with Gasteiger partial charge in [0.05, 0.1) is 12.3 Å². The summed E-state index contributed by atoms with van der Waals surface area (Å²) < 4.78 is 23.7. The van der Waals surface area contributed by atoms with E-state index < -0.39 is 17.5 Å². The molecule has 0 atom stereocenters. The van der Waals surface area contributed by atoms with Crippen LogP contribution >= 0.6 is 0 Å². The van der Waals surface area contributed by atoms with Gasteiger partial charge >= 0.3 is 6.09 Å². The molecule has 0 spiro atoms. The molecule has 22 heavy (non-hydrogen) atoms. The third-order valence-corrected chi connectivity index (χ3v) is 2.73. The highest BCUT2D eigenvalue weighted by molar-refractivity contribution is 5.67. The van der Waals surface area contributed by atoms with E-state index in [0.29, 0.717) is 18.9 Å². The number of hydrogen-bond donors (Lipinski definition) is 2. The molecule has 124 valence electrons. The third kappa shape index (κ3) is 7.71. The normalized spacial score (nSPS) is 11.1. The number of carbonyl (C=O) groups is 1. The maximum Gasteiger partial charge on any atom is 0.407 e. The first kappa shape index (κ1) is 18.1. The second-order valence-corrected chi connectivity index (χ2v) is 6.02. The summed E-state index contributed by atoms with van der Waals surface area (Å²) in [6.45, 7) is 6.53. The third-order valence-electron chi connectivity index (χ3n) is 2.73. The zero-order valence-electron chi connectivity index (χ0n) is 13.4. The van der Waals surface area contributed by atoms with Gasteiger partial charge in [-0.25, -0.2) is 9.18 Å².